The summed E-state index contributed by atoms with van der Waals surface area (Å²) in [7, 11) is 0. The van der Waals surface area contributed by atoms with Gasteiger partial charge in [-0.25, -0.2) is 9.69 Å². The first-order valence-corrected chi connectivity index (χ1v) is 10.2. The fourth-order valence-corrected chi connectivity index (χ4v) is 3.90. The molecule has 0 bridgehead atoms. The maximum Gasteiger partial charge on any atom is 0.326 e. The third kappa shape index (κ3) is 3.63. The van der Waals surface area contributed by atoms with Crippen LogP contribution in [0.25, 0.3) is 0 Å². The second-order valence-corrected chi connectivity index (χ2v) is 8.14. The number of carbonyl (C=O) groups is 3. The van der Waals surface area contributed by atoms with Gasteiger partial charge in [0, 0.05) is 5.56 Å². The summed E-state index contributed by atoms with van der Waals surface area (Å²) in [4.78, 5) is 41.3. The Balaban J connectivity index is 1.80. The number of aryl methyl sites for hydroxylation is 2. The van der Waals surface area contributed by atoms with Crippen molar-refractivity contribution >= 4 is 17.7 Å². The van der Waals surface area contributed by atoms with E-state index in [4.69, 9.17) is 0 Å². The van der Waals surface area contributed by atoms with Crippen molar-refractivity contribution < 1.29 is 14.4 Å². The molecular formula is C26H24N2O3. The molecule has 0 aliphatic carbocycles. The lowest BCUT2D eigenvalue weighted by Crippen LogP contribution is -2.42. The molecule has 31 heavy (non-hydrogen) atoms. The third-order valence-electron chi connectivity index (χ3n) is 5.81. The highest BCUT2D eigenvalue weighted by Crippen LogP contribution is 2.36. The van der Waals surface area contributed by atoms with Crippen molar-refractivity contribution in [2.75, 3.05) is 0 Å². The van der Waals surface area contributed by atoms with Crippen LogP contribution >= 0.6 is 0 Å². The van der Waals surface area contributed by atoms with Gasteiger partial charge in [0.2, 0.25) is 0 Å². The summed E-state index contributed by atoms with van der Waals surface area (Å²) in [5, 5.41) is 2.81. The number of carbonyl (C=O) groups excluding carboxylic acids is 3. The molecule has 156 valence electrons. The molecule has 3 aromatic carbocycles. The van der Waals surface area contributed by atoms with Crippen molar-refractivity contribution in [2.45, 2.75) is 32.4 Å². The Morgan fingerprint density at radius 2 is 1.39 bits per heavy atom. The molecule has 1 saturated heterocycles. The molecule has 1 fully saturated rings. The van der Waals surface area contributed by atoms with Crippen molar-refractivity contribution in [2.24, 2.45) is 0 Å². The van der Waals surface area contributed by atoms with Crippen molar-refractivity contribution in [1.29, 1.82) is 0 Å². The van der Waals surface area contributed by atoms with Gasteiger partial charge in [0.15, 0.2) is 5.78 Å². The first-order chi connectivity index (χ1) is 14.8. The van der Waals surface area contributed by atoms with Gasteiger partial charge >= 0.3 is 6.03 Å². The highest BCUT2D eigenvalue weighted by Gasteiger charge is 2.53. The van der Waals surface area contributed by atoms with E-state index in [0.717, 1.165) is 16.0 Å². The molecule has 1 aliphatic heterocycles. The molecule has 5 heteroatoms. The molecular weight excluding hydrogens is 388 g/mol. The molecule has 3 aromatic rings. The van der Waals surface area contributed by atoms with E-state index in [1.807, 2.05) is 56.3 Å². The molecule has 0 radical (unpaired) electrons. The summed E-state index contributed by atoms with van der Waals surface area (Å²) in [6, 6.07) is 21.9. The van der Waals surface area contributed by atoms with Crippen molar-refractivity contribution in [3.05, 3.63) is 107 Å². The average molecular weight is 412 g/mol. The average Bonchev–Trinajstić information content (AvgIpc) is 3.00. The zero-order valence-corrected chi connectivity index (χ0v) is 17.8. The monoisotopic (exact) mass is 412 g/mol. The molecule has 1 heterocycles. The number of nitrogens with one attached hydrogen (secondary N) is 1. The Morgan fingerprint density at radius 3 is 1.97 bits per heavy atom. The van der Waals surface area contributed by atoms with Crippen LogP contribution in [-0.4, -0.2) is 22.6 Å². The molecule has 0 unspecified atom stereocenters. The van der Waals surface area contributed by atoms with Gasteiger partial charge in [-0.3, -0.25) is 9.59 Å². The van der Waals surface area contributed by atoms with Gasteiger partial charge in [-0.05, 0) is 31.9 Å². The van der Waals surface area contributed by atoms with Gasteiger partial charge in [0.05, 0.1) is 0 Å². The largest absolute Gasteiger partial charge is 0.326 e. The van der Waals surface area contributed by atoms with E-state index in [2.05, 4.69) is 5.32 Å². The predicted molar refractivity (Wildman–Crippen MR) is 119 cm³/mol. The van der Waals surface area contributed by atoms with E-state index < -0.39 is 23.5 Å². The summed E-state index contributed by atoms with van der Waals surface area (Å²) >= 11 is 0. The number of hydrogen-bond donors (Lipinski definition) is 1. The van der Waals surface area contributed by atoms with E-state index in [1.165, 1.54) is 0 Å². The lowest BCUT2D eigenvalue weighted by molar-refractivity contribution is -0.132. The second-order valence-electron chi connectivity index (χ2n) is 8.14. The van der Waals surface area contributed by atoms with E-state index in [1.54, 1.807) is 43.3 Å². The summed E-state index contributed by atoms with van der Waals surface area (Å²) in [5.74, 6) is -0.751. The maximum absolute atomic E-state index is 13.6. The quantitative estimate of drug-likeness (QED) is 0.488. The van der Waals surface area contributed by atoms with Gasteiger partial charge in [0.1, 0.15) is 11.6 Å². The fraction of sp³-hybridized carbons (Fsp3) is 0.192. The van der Waals surface area contributed by atoms with Crippen LogP contribution in [0.2, 0.25) is 0 Å². The van der Waals surface area contributed by atoms with Crippen LogP contribution < -0.4 is 5.32 Å². The zero-order valence-electron chi connectivity index (χ0n) is 17.8. The van der Waals surface area contributed by atoms with E-state index in [-0.39, 0.29) is 5.78 Å². The summed E-state index contributed by atoms with van der Waals surface area (Å²) < 4.78 is 0. The number of benzene rings is 3. The summed E-state index contributed by atoms with van der Waals surface area (Å²) in [5.41, 5.74) is 2.52. The lowest BCUT2D eigenvalue weighted by atomic mass is 9.90. The van der Waals surface area contributed by atoms with Crippen molar-refractivity contribution in [3.63, 3.8) is 0 Å². The third-order valence-corrected chi connectivity index (χ3v) is 5.81. The minimum absolute atomic E-state index is 0.301. The second kappa shape index (κ2) is 7.84. The Bertz CT molecular complexity index is 1140. The Hall–Kier alpha value is -3.73. The van der Waals surface area contributed by atoms with Gasteiger partial charge < -0.3 is 5.32 Å². The molecule has 0 aromatic heterocycles. The van der Waals surface area contributed by atoms with Crippen LogP contribution in [0.15, 0.2) is 78.9 Å². The normalized spacial score (nSPS) is 19.3. The Labute approximate surface area is 181 Å². The molecule has 5 nitrogen and oxygen atoms in total. The summed E-state index contributed by atoms with van der Waals surface area (Å²) in [6.45, 7) is 5.56. The minimum atomic E-state index is -1.24. The van der Waals surface area contributed by atoms with E-state index in [0.29, 0.717) is 16.7 Å². The van der Waals surface area contributed by atoms with Gasteiger partial charge in [-0.2, -0.15) is 0 Å². The van der Waals surface area contributed by atoms with Crippen LogP contribution in [0.4, 0.5) is 4.79 Å². The van der Waals surface area contributed by atoms with Crippen LogP contribution in [0.1, 0.15) is 45.6 Å². The number of Topliss-reactive ketones (excluding diaryl/α,β-unsaturated/α-hetero) is 1. The number of nitrogens with zero attached hydrogens (tertiary/aromatic N) is 1. The van der Waals surface area contributed by atoms with Gasteiger partial charge in [0.25, 0.3) is 5.91 Å². The first-order valence-electron chi connectivity index (χ1n) is 10.2. The molecule has 1 aliphatic rings. The minimum Gasteiger partial charge on any atom is -0.319 e. The van der Waals surface area contributed by atoms with E-state index in [9.17, 15) is 14.4 Å². The molecule has 2 atom stereocenters. The number of ketones is 1. The SMILES string of the molecule is Cc1ccc(C(=O)[C@@H](c2ccc(C)cc2)N2C(=O)N[C@@](C)(c3ccccc3)C2=O)cc1. The summed E-state index contributed by atoms with van der Waals surface area (Å²) in [6.07, 6.45) is 0. The highest BCUT2D eigenvalue weighted by atomic mass is 16.2. The first kappa shape index (κ1) is 20.5. The molecule has 0 saturated carbocycles. The van der Waals surface area contributed by atoms with Crippen molar-refractivity contribution in [1.82, 2.24) is 10.2 Å². The van der Waals surface area contributed by atoms with Crippen LogP contribution in [0.3, 0.4) is 0 Å². The smallest absolute Gasteiger partial charge is 0.319 e. The fourth-order valence-electron chi connectivity index (χ4n) is 3.90. The molecule has 1 N–H and O–H groups in total. The number of urea groups is 1. The van der Waals surface area contributed by atoms with Crippen LogP contribution in [0, 0.1) is 13.8 Å². The van der Waals surface area contributed by atoms with Crippen molar-refractivity contribution in [3.8, 4) is 0 Å². The molecule has 3 amide bonds. The lowest BCUT2D eigenvalue weighted by Gasteiger charge is -2.27. The Kier molecular flexibility index (Phi) is 5.19. The van der Waals surface area contributed by atoms with E-state index >= 15 is 0 Å². The van der Waals surface area contributed by atoms with Crippen LogP contribution in [0.5, 0.6) is 0 Å². The topological polar surface area (TPSA) is 66.5 Å². The molecule has 0 spiro atoms. The number of amides is 3. The van der Waals surface area contributed by atoms with Crippen LogP contribution in [-0.2, 0) is 10.3 Å². The molecule has 4 rings (SSSR count). The number of imide groups is 1. The number of rotatable bonds is 5. The predicted octanol–water partition coefficient (Wildman–Crippen LogP) is 4.69. The van der Waals surface area contributed by atoms with Gasteiger partial charge in [-0.15, -0.1) is 0 Å². The highest BCUT2D eigenvalue weighted by molar-refractivity contribution is 6.12. The van der Waals surface area contributed by atoms with Gasteiger partial charge in [-0.1, -0.05) is 90.0 Å². The maximum atomic E-state index is 13.6. The standard InChI is InChI=1S/C26H24N2O3/c1-17-9-13-19(14-10-17)22(23(29)20-15-11-18(2)12-16-20)28-24(30)26(3,27-25(28)31)21-7-5-4-6-8-21/h4-16,22H,1-3H3,(H,27,31)/t22-,26+/m1/s1. The Morgan fingerprint density at radius 1 is 0.839 bits per heavy atom. The zero-order chi connectivity index (χ0) is 22.2. The number of hydrogen-bond acceptors (Lipinski definition) is 3.